The number of carboxylic acids is 1. The summed E-state index contributed by atoms with van der Waals surface area (Å²) in [6, 6.07) is 8.77. The summed E-state index contributed by atoms with van der Waals surface area (Å²) in [5.74, 6) is -1.81. The Morgan fingerprint density at radius 2 is 1.51 bits per heavy atom. The SMILES string of the molecule is CC1(CCCS(=O)(=O)O)\C(=C/C=C/C=C/C=C/C2[NH+](CCCS(=O)(=O)O)c3ccc(S(=O)(=O)[O-])cc3C2(C)CCCC2=C/C=C\C=C/C=C\2)N(CCCCCC(=O)O)c2ccc(OS(=O)[O-])cc21. The second-order valence-electron chi connectivity index (χ2n) is 17.4. The van der Waals surface area contributed by atoms with Crippen LogP contribution in [-0.2, 0) is 57.3 Å². The van der Waals surface area contributed by atoms with Crippen LogP contribution in [0.1, 0.15) is 89.2 Å². The number of hydrogen-bond donors (Lipinski definition) is 4. The minimum Gasteiger partial charge on any atom is -0.744 e. The van der Waals surface area contributed by atoms with Crippen molar-refractivity contribution in [2.45, 2.75) is 99.8 Å². The number of allylic oxidation sites excluding steroid dienone is 15. The molecule has 0 radical (unpaired) electrons. The summed E-state index contributed by atoms with van der Waals surface area (Å²) in [7, 11) is -13.4. The van der Waals surface area contributed by atoms with Crippen molar-refractivity contribution >= 4 is 59.1 Å². The quantitative estimate of drug-likeness (QED) is 0.0353. The van der Waals surface area contributed by atoms with Gasteiger partial charge in [-0.05, 0) is 112 Å². The molecule has 0 bridgehead atoms. The van der Waals surface area contributed by atoms with E-state index in [0.29, 0.717) is 56.2 Å². The van der Waals surface area contributed by atoms with Gasteiger partial charge in [0.1, 0.15) is 39.0 Å². The van der Waals surface area contributed by atoms with Gasteiger partial charge < -0.3 is 23.3 Å². The lowest BCUT2D eigenvalue weighted by atomic mass is 9.74. The van der Waals surface area contributed by atoms with Crippen molar-refractivity contribution in [3.05, 3.63) is 144 Å². The van der Waals surface area contributed by atoms with E-state index in [4.69, 9.17) is 9.29 Å². The summed E-state index contributed by atoms with van der Waals surface area (Å²) in [6.07, 6.45) is 30.7. The van der Waals surface area contributed by atoms with Crippen LogP contribution in [0.5, 0.6) is 5.75 Å². The maximum atomic E-state index is 12.3. The minimum absolute atomic E-state index is 0.0165. The zero-order valence-electron chi connectivity index (χ0n) is 37.9. The van der Waals surface area contributed by atoms with Crippen LogP contribution in [0.3, 0.4) is 0 Å². The second-order valence-corrected chi connectivity index (χ2v) is 22.5. The van der Waals surface area contributed by atoms with Crippen molar-refractivity contribution in [2.75, 3.05) is 29.5 Å². The molecule has 370 valence electrons. The highest BCUT2D eigenvalue weighted by Crippen LogP contribution is 2.52. The van der Waals surface area contributed by atoms with Crippen LogP contribution in [0.15, 0.2) is 138 Å². The van der Waals surface area contributed by atoms with E-state index in [-0.39, 0.29) is 48.9 Å². The number of quaternary nitrogens is 1. The first-order chi connectivity index (χ1) is 32.0. The Kier molecular flexibility index (Phi) is 18.9. The van der Waals surface area contributed by atoms with Gasteiger partial charge in [-0.2, -0.15) is 16.8 Å². The summed E-state index contributed by atoms with van der Waals surface area (Å²) in [5.41, 5.74) is 3.03. The Balaban J connectivity index is 1.48. The number of benzene rings is 2. The molecule has 2 heterocycles. The zero-order valence-corrected chi connectivity index (χ0v) is 41.2. The highest BCUT2D eigenvalue weighted by atomic mass is 32.2. The predicted molar refractivity (Wildman–Crippen MR) is 259 cm³/mol. The number of hydrogen-bond acceptors (Lipinski definition) is 12. The van der Waals surface area contributed by atoms with Crippen molar-refractivity contribution in [2.24, 2.45) is 0 Å². The van der Waals surface area contributed by atoms with Gasteiger partial charge in [0, 0.05) is 47.8 Å². The monoisotopic (exact) mass is 1020 g/mol. The van der Waals surface area contributed by atoms with Crippen molar-refractivity contribution in [3.63, 3.8) is 0 Å². The number of nitrogens with zero attached hydrogens (tertiary/aromatic N) is 1. The van der Waals surface area contributed by atoms with Crippen LogP contribution < -0.4 is 14.0 Å². The lowest BCUT2D eigenvalue weighted by Gasteiger charge is -2.31. The van der Waals surface area contributed by atoms with E-state index in [9.17, 15) is 52.5 Å². The lowest BCUT2D eigenvalue weighted by Crippen LogP contribution is -3.11. The fourth-order valence-electron chi connectivity index (χ4n) is 9.45. The fourth-order valence-corrected chi connectivity index (χ4v) is 11.2. The summed E-state index contributed by atoms with van der Waals surface area (Å²) in [5, 5.41) is 9.15. The number of fused-ring (bicyclic) bond motifs is 2. The standard InChI is InChI=1S/C48H60N2O14S4/c1-47(29-16-21-37-19-10-5-3-6-11-20-37)41-36-39(68(61,62)63)26-28-43(41)50(32-18-34-67(58,59)60)44(47)22-12-7-4-8-13-23-45-48(2,30-17-33-66(55,56)57)40-35-38(64-65(53)54)25-27-42(40)49(45)31-15-9-14-24-46(51)52/h3-8,10-13,19-20,22-23,25-28,35-36,44H,9,14-18,21,24,29-34H2,1-2H3,(H,51,52)(H,53,54)(H,55,56,57)(H,58,59,60)(H,61,62,63)/p-1/b5-3-,6-3?,7-4+,10-5?,11-6-,13-8+,19-10-,20-11?,22-12+,37-19?,37-20+,45-23+. The second kappa shape index (κ2) is 23.7. The molecule has 5 rings (SSSR count). The average molecular weight is 1020 g/mol. The molecule has 2 aromatic carbocycles. The maximum Gasteiger partial charge on any atom is 0.303 e. The van der Waals surface area contributed by atoms with E-state index >= 15 is 0 Å². The molecule has 68 heavy (non-hydrogen) atoms. The number of aliphatic carboxylic acids is 1. The first kappa shape index (κ1) is 54.2. The van der Waals surface area contributed by atoms with Crippen LogP contribution in [0, 0.1) is 0 Å². The highest BCUT2D eigenvalue weighted by Gasteiger charge is 2.51. The lowest BCUT2D eigenvalue weighted by molar-refractivity contribution is -0.850. The maximum absolute atomic E-state index is 12.3. The molecule has 2 aliphatic heterocycles. The van der Waals surface area contributed by atoms with E-state index in [1.165, 1.54) is 18.2 Å². The summed E-state index contributed by atoms with van der Waals surface area (Å²) in [4.78, 5) is 13.7. The number of nitrogens with one attached hydrogen (secondary N) is 1. The molecule has 3 aliphatic rings. The fraction of sp³-hybridized carbons (Fsp3) is 0.396. The molecule has 0 fully saturated rings. The molecule has 20 heteroatoms. The highest BCUT2D eigenvalue weighted by molar-refractivity contribution is 7.86. The molecule has 1 aliphatic carbocycles. The van der Waals surface area contributed by atoms with Gasteiger partial charge in [-0.1, -0.05) is 79.3 Å². The van der Waals surface area contributed by atoms with Crippen molar-refractivity contribution < 1.29 is 66.7 Å². The van der Waals surface area contributed by atoms with Gasteiger partial charge in [0.25, 0.3) is 20.2 Å². The van der Waals surface area contributed by atoms with Crippen LogP contribution in [0.2, 0.25) is 0 Å². The Morgan fingerprint density at radius 1 is 0.824 bits per heavy atom. The van der Waals surface area contributed by atoms with Gasteiger partial charge >= 0.3 is 5.97 Å². The van der Waals surface area contributed by atoms with Crippen molar-refractivity contribution in [3.8, 4) is 5.75 Å². The van der Waals surface area contributed by atoms with Gasteiger partial charge in [-0.3, -0.25) is 18.8 Å². The Labute approximate surface area is 402 Å². The van der Waals surface area contributed by atoms with Crippen LogP contribution in [-0.4, -0.2) is 89.4 Å². The molecular formula is C48H59N2O14S4-. The first-order valence-electron chi connectivity index (χ1n) is 22.2. The molecule has 5 atom stereocenters. The average Bonchev–Trinajstić information content (AvgIpc) is 3.59. The van der Waals surface area contributed by atoms with Crippen molar-refractivity contribution in [1.82, 2.24) is 0 Å². The summed E-state index contributed by atoms with van der Waals surface area (Å²) < 4.78 is 131. The summed E-state index contributed by atoms with van der Waals surface area (Å²) >= 11 is -2.86. The molecule has 0 aromatic heterocycles. The number of carbonyl (C=O) groups is 1. The van der Waals surface area contributed by atoms with Gasteiger partial charge in [0.05, 0.1) is 28.4 Å². The molecule has 16 nitrogen and oxygen atoms in total. The normalized spacial score (nSPS) is 25.0. The Morgan fingerprint density at radius 3 is 2.22 bits per heavy atom. The van der Waals surface area contributed by atoms with Crippen molar-refractivity contribution in [1.29, 1.82) is 0 Å². The molecule has 2 aromatic rings. The number of carboxylic acid groups (broad SMARTS) is 1. The first-order valence-corrected chi connectivity index (χ1v) is 27.9. The Bertz CT molecular complexity index is 2770. The largest absolute Gasteiger partial charge is 0.744 e. The smallest absolute Gasteiger partial charge is 0.303 e. The third-order valence-corrected chi connectivity index (χ3v) is 15.4. The van der Waals surface area contributed by atoms with E-state index < -0.39 is 70.0 Å². The van der Waals surface area contributed by atoms with Gasteiger partial charge in [-0.25, -0.2) is 12.6 Å². The molecule has 0 saturated heterocycles. The predicted octanol–water partition coefficient (Wildman–Crippen LogP) is 6.62. The van der Waals surface area contributed by atoms with Crippen LogP contribution in [0.4, 0.5) is 11.4 Å². The van der Waals surface area contributed by atoms with Gasteiger partial charge in [0.15, 0.2) is 0 Å². The molecule has 4 N–H and O–H groups in total. The number of unbranched alkanes of at least 4 members (excludes halogenated alkanes) is 2. The minimum atomic E-state index is -4.81. The topological polar surface area (TPSA) is 260 Å². The third kappa shape index (κ3) is 15.1. The zero-order chi connectivity index (χ0) is 49.8. The van der Waals surface area contributed by atoms with Crippen LogP contribution in [0.25, 0.3) is 0 Å². The van der Waals surface area contributed by atoms with Gasteiger partial charge in [-0.15, -0.1) is 0 Å². The molecule has 0 amide bonds. The van der Waals surface area contributed by atoms with Gasteiger partial charge in [0.2, 0.25) is 0 Å². The van der Waals surface area contributed by atoms with E-state index in [0.717, 1.165) is 27.5 Å². The molecular weight excluding hydrogens is 957 g/mol. The van der Waals surface area contributed by atoms with E-state index in [1.807, 2.05) is 79.5 Å². The summed E-state index contributed by atoms with van der Waals surface area (Å²) in [6.45, 7) is 4.64. The van der Waals surface area contributed by atoms with Crippen LogP contribution >= 0.6 is 0 Å². The molecule has 0 spiro atoms. The molecule has 0 saturated carbocycles. The number of anilines is 1. The van der Waals surface area contributed by atoms with E-state index in [2.05, 4.69) is 0 Å². The third-order valence-electron chi connectivity index (χ3n) is 12.6. The Hall–Kier alpha value is -4.77. The number of rotatable bonds is 25. The van der Waals surface area contributed by atoms with E-state index in [1.54, 1.807) is 42.5 Å². The molecule has 5 unspecified atom stereocenters.